The number of hydrogen-bond donors (Lipinski definition) is 2. The highest BCUT2D eigenvalue weighted by atomic mass is 16.3. The van der Waals surface area contributed by atoms with E-state index in [0.29, 0.717) is 12.0 Å². The molecule has 0 radical (unpaired) electrons. The van der Waals surface area contributed by atoms with Gasteiger partial charge >= 0.3 is 0 Å². The molecule has 0 amide bonds. The summed E-state index contributed by atoms with van der Waals surface area (Å²) in [5, 5.41) is 12.3. The first-order valence-corrected chi connectivity index (χ1v) is 5.30. The van der Waals surface area contributed by atoms with Gasteiger partial charge in [0.2, 0.25) is 0 Å². The van der Waals surface area contributed by atoms with E-state index in [9.17, 15) is 5.11 Å². The number of aliphatic hydroxyl groups excluding tert-OH is 1. The van der Waals surface area contributed by atoms with Gasteiger partial charge in [-0.2, -0.15) is 0 Å². The molecule has 1 aliphatic carbocycles. The van der Waals surface area contributed by atoms with E-state index in [1.54, 1.807) is 0 Å². The maximum atomic E-state index is 9.85. The lowest BCUT2D eigenvalue weighted by Crippen LogP contribution is -2.98. The van der Waals surface area contributed by atoms with Gasteiger partial charge in [0.1, 0.15) is 0 Å². The minimum atomic E-state index is -0.00435. The van der Waals surface area contributed by atoms with E-state index in [4.69, 9.17) is 0 Å². The molecule has 2 heteroatoms. The minimum absolute atomic E-state index is 0.00435. The summed E-state index contributed by atoms with van der Waals surface area (Å²) in [7, 11) is 0. The second kappa shape index (κ2) is 3.35. The standard InChI is InChI=1S/C10H19NO/c1-7-6-10(12)8-4-2-3-5-9(8)11-7/h7-12H,2-6H2,1H3/p+1/t7-,8+,9-,10+/m0/s1. The van der Waals surface area contributed by atoms with E-state index in [-0.39, 0.29) is 6.10 Å². The van der Waals surface area contributed by atoms with Crippen LogP contribution in [-0.4, -0.2) is 23.3 Å². The molecule has 0 spiro atoms. The fraction of sp³-hybridized carbons (Fsp3) is 1.00. The van der Waals surface area contributed by atoms with Crippen LogP contribution >= 0.6 is 0 Å². The number of piperidine rings is 1. The summed E-state index contributed by atoms with van der Waals surface area (Å²) in [6.07, 6.45) is 6.29. The lowest BCUT2D eigenvalue weighted by molar-refractivity contribution is -0.739. The maximum absolute atomic E-state index is 9.85. The van der Waals surface area contributed by atoms with Crippen molar-refractivity contribution in [2.24, 2.45) is 5.92 Å². The smallest absolute Gasteiger partial charge is 0.0914 e. The van der Waals surface area contributed by atoms with E-state index >= 15 is 0 Å². The highest BCUT2D eigenvalue weighted by molar-refractivity contribution is 4.83. The molecule has 2 fully saturated rings. The van der Waals surface area contributed by atoms with Gasteiger partial charge in [-0.05, 0) is 26.2 Å². The first-order valence-electron chi connectivity index (χ1n) is 5.30. The molecule has 1 heterocycles. The average molecular weight is 170 g/mol. The van der Waals surface area contributed by atoms with Crippen LogP contribution in [0.15, 0.2) is 0 Å². The highest BCUT2D eigenvalue weighted by Gasteiger charge is 2.39. The van der Waals surface area contributed by atoms with Gasteiger partial charge < -0.3 is 10.4 Å². The highest BCUT2D eigenvalue weighted by Crippen LogP contribution is 2.28. The molecule has 0 bridgehead atoms. The van der Waals surface area contributed by atoms with Crippen molar-refractivity contribution in [1.29, 1.82) is 0 Å². The fourth-order valence-electron chi connectivity index (χ4n) is 2.96. The molecule has 2 rings (SSSR count). The van der Waals surface area contributed by atoms with Gasteiger partial charge in [0.25, 0.3) is 0 Å². The lowest BCUT2D eigenvalue weighted by atomic mass is 9.76. The minimum Gasteiger partial charge on any atom is -0.392 e. The molecular weight excluding hydrogens is 150 g/mol. The molecule has 1 aliphatic heterocycles. The largest absolute Gasteiger partial charge is 0.392 e. The number of quaternary nitrogens is 1. The average Bonchev–Trinajstić information content (AvgIpc) is 2.04. The molecular formula is C10H20NO+. The molecule has 1 saturated heterocycles. The van der Waals surface area contributed by atoms with Gasteiger partial charge in [-0.25, -0.2) is 0 Å². The monoisotopic (exact) mass is 170 g/mol. The van der Waals surface area contributed by atoms with Crippen LogP contribution in [0.4, 0.5) is 0 Å². The van der Waals surface area contributed by atoms with E-state index in [1.807, 2.05) is 0 Å². The number of hydrogen-bond acceptors (Lipinski definition) is 1. The van der Waals surface area contributed by atoms with Crippen molar-refractivity contribution in [3.63, 3.8) is 0 Å². The predicted molar refractivity (Wildman–Crippen MR) is 47.8 cm³/mol. The van der Waals surface area contributed by atoms with Crippen LogP contribution in [0.5, 0.6) is 0 Å². The summed E-state index contributed by atoms with van der Waals surface area (Å²) in [6.45, 7) is 2.23. The molecule has 2 aliphatic rings. The second-order valence-electron chi connectivity index (χ2n) is 4.58. The van der Waals surface area contributed by atoms with Gasteiger partial charge in [-0.3, -0.25) is 0 Å². The molecule has 70 valence electrons. The molecule has 12 heavy (non-hydrogen) atoms. The number of rotatable bonds is 0. The first-order chi connectivity index (χ1) is 5.77. The Morgan fingerprint density at radius 1 is 1.25 bits per heavy atom. The van der Waals surface area contributed by atoms with Crippen molar-refractivity contribution < 1.29 is 10.4 Å². The maximum Gasteiger partial charge on any atom is 0.0914 e. The Morgan fingerprint density at radius 2 is 2.00 bits per heavy atom. The lowest BCUT2D eigenvalue weighted by Gasteiger charge is -2.39. The SMILES string of the molecule is C[C@H]1C[C@@H](O)[C@@H]2CCCC[C@@H]2[NH2+]1. The summed E-state index contributed by atoms with van der Waals surface area (Å²) in [5.74, 6) is 0.606. The van der Waals surface area contributed by atoms with E-state index < -0.39 is 0 Å². The topological polar surface area (TPSA) is 36.8 Å². The zero-order chi connectivity index (χ0) is 8.55. The van der Waals surface area contributed by atoms with E-state index in [1.165, 1.54) is 25.7 Å². The Bertz CT molecular complexity index is 160. The number of nitrogens with two attached hydrogens (primary N) is 1. The predicted octanol–water partition coefficient (Wildman–Crippen LogP) is 0.262. The van der Waals surface area contributed by atoms with Crippen LogP contribution < -0.4 is 5.32 Å². The van der Waals surface area contributed by atoms with Gasteiger partial charge in [0, 0.05) is 12.3 Å². The summed E-state index contributed by atoms with van der Waals surface area (Å²) in [6, 6.07) is 1.37. The summed E-state index contributed by atoms with van der Waals surface area (Å²) >= 11 is 0. The third-order valence-electron chi connectivity index (χ3n) is 3.56. The van der Waals surface area contributed by atoms with Crippen LogP contribution in [0.25, 0.3) is 0 Å². The summed E-state index contributed by atoms with van der Waals surface area (Å²) in [4.78, 5) is 0. The van der Waals surface area contributed by atoms with Crippen LogP contribution in [0.2, 0.25) is 0 Å². The first kappa shape index (κ1) is 8.52. The second-order valence-corrected chi connectivity index (χ2v) is 4.58. The molecule has 0 unspecified atom stereocenters. The Kier molecular flexibility index (Phi) is 2.37. The van der Waals surface area contributed by atoms with E-state index in [2.05, 4.69) is 12.2 Å². The van der Waals surface area contributed by atoms with Crippen molar-refractivity contribution >= 4 is 0 Å². The molecule has 0 aromatic rings. The zero-order valence-corrected chi connectivity index (χ0v) is 7.87. The Labute approximate surface area is 74.4 Å². The Balaban J connectivity index is 2.01. The van der Waals surface area contributed by atoms with Gasteiger partial charge in [0.05, 0.1) is 18.2 Å². The zero-order valence-electron chi connectivity index (χ0n) is 7.87. The molecule has 3 N–H and O–H groups in total. The number of fused-ring (bicyclic) bond motifs is 1. The Morgan fingerprint density at radius 3 is 2.83 bits per heavy atom. The normalized spacial score (nSPS) is 48.5. The van der Waals surface area contributed by atoms with Crippen molar-refractivity contribution in [3.8, 4) is 0 Å². The molecule has 0 aromatic heterocycles. The molecule has 0 aromatic carbocycles. The van der Waals surface area contributed by atoms with Crippen molar-refractivity contribution in [1.82, 2.24) is 0 Å². The summed E-state index contributed by atoms with van der Waals surface area (Å²) < 4.78 is 0. The fourth-order valence-corrected chi connectivity index (χ4v) is 2.96. The van der Waals surface area contributed by atoms with Gasteiger partial charge in [0.15, 0.2) is 0 Å². The van der Waals surface area contributed by atoms with Crippen LogP contribution in [-0.2, 0) is 0 Å². The van der Waals surface area contributed by atoms with Gasteiger partial charge in [-0.1, -0.05) is 6.42 Å². The van der Waals surface area contributed by atoms with Crippen molar-refractivity contribution in [2.45, 2.75) is 57.2 Å². The van der Waals surface area contributed by atoms with Crippen molar-refractivity contribution in [3.05, 3.63) is 0 Å². The van der Waals surface area contributed by atoms with Crippen molar-refractivity contribution in [2.75, 3.05) is 0 Å². The number of aliphatic hydroxyl groups is 1. The van der Waals surface area contributed by atoms with E-state index in [0.717, 1.165) is 12.5 Å². The molecule has 2 nitrogen and oxygen atoms in total. The van der Waals surface area contributed by atoms with Crippen LogP contribution in [0.3, 0.4) is 0 Å². The quantitative estimate of drug-likeness (QED) is 0.537. The van der Waals surface area contributed by atoms with Crippen LogP contribution in [0.1, 0.15) is 39.0 Å². The van der Waals surface area contributed by atoms with Gasteiger partial charge in [-0.15, -0.1) is 0 Å². The van der Waals surface area contributed by atoms with Crippen LogP contribution in [0, 0.1) is 5.92 Å². The summed E-state index contributed by atoms with van der Waals surface area (Å²) in [5.41, 5.74) is 0. The third-order valence-corrected chi connectivity index (χ3v) is 3.56. The Hall–Kier alpha value is -0.0800. The molecule has 4 atom stereocenters. The third kappa shape index (κ3) is 1.50. The molecule has 1 saturated carbocycles.